The fraction of sp³-hybridized carbons (Fsp3) is 0.368. The van der Waals surface area contributed by atoms with Crippen LogP contribution in [0.3, 0.4) is 0 Å². The van der Waals surface area contributed by atoms with Crippen LogP contribution in [0, 0.1) is 0 Å². The van der Waals surface area contributed by atoms with Crippen LogP contribution in [0.1, 0.15) is 24.8 Å². The third kappa shape index (κ3) is 4.11. The first-order chi connectivity index (χ1) is 11.8. The molecule has 0 saturated carbocycles. The molecule has 3 rings (SSSR count). The van der Waals surface area contributed by atoms with E-state index in [-0.39, 0.29) is 11.9 Å². The van der Waals surface area contributed by atoms with Gasteiger partial charge in [-0.25, -0.2) is 0 Å². The van der Waals surface area contributed by atoms with Crippen LogP contribution in [-0.4, -0.2) is 35.5 Å². The third-order valence-electron chi connectivity index (χ3n) is 4.38. The summed E-state index contributed by atoms with van der Waals surface area (Å²) in [5, 5.41) is 3.03. The minimum atomic E-state index is -0.0962. The lowest BCUT2D eigenvalue weighted by Crippen LogP contribution is -2.46. The average molecular weight is 325 g/mol. The summed E-state index contributed by atoms with van der Waals surface area (Å²) in [7, 11) is 1.63. The molecule has 0 bridgehead atoms. The van der Waals surface area contributed by atoms with Crippen molar-refractivity contribution in [2.24, 2.45) is 0 Å². The molecule has 1 aliphatic heterocycles. The number of benzene rings is 1. The molecule has 1 fully saturated rings. The number of carbonyl (C=O) groups is 1. The molecule has 1 atom stereocenters. The molecule has 1 aromatic heterocycles. The molecule has 1 amide bonds. The third-order valence-corrected chi connectivity index (χ3v) is 4.38. The lowest BCUT2D eigenvalue weighted by Gasteiger charge is -2.34. The lowest BCUT2D eigenvalue weighted by atomic mass is 10.0. The van der Waals surface area contributed by atoms with Crippen molar-refractivity contribution < 1.29 is 9.53 Å². The molecule has 0 aliphatic carbocycles. The number of hydrogen-bond donors (Lipinski definition) is 1. The van der Waals surface area contributed by atoms with Gasteiger partial charge in [-0.2, -0.15) is 0 Å². The molecular formula is C19H23N3O2. The van der Waals surface area contributed by atoms with Crippen LogP contribution in [0.4, 0.5) is 5.69 Å². The van der Waals surface area contributed by atoms with Crippen molar-refractivity contribution in [3.8, 4) is 5.75 Å². The number of rotatable bonds is 5. The van der Waals surface area contributed by atoms with Crippen molar-refractivity contribution in [3.63, 3.8) is 0 Å². The highest BCUT2D eigenvalue weighted by atomic mass is 16.5. The zero-order valence-electron chi connectivity index (χ0n) is 13.9. The normalized spacial score (nSPS) is 18.1. The summed E-state index contributed by atoms with van der Waals surface area (Å²) < 4.78 is 5.15. The molecule has 24 heavy (non-hydrogen) atoms. The van der Waals surface area contributed by atoms with Crippen LogP contribution in [0.25, 0.3) is 0 Å². The number of nitrogens with one attached hydrogen (secondary N) is 1. The van der Waals surface area contributed by atoms with E-state index >= 15 is 0 Å². The molecule has 0 radical (unpaired) electrons. The molecule has 1 saturated heterocycles. The van der Waals surface area contributed by atoms with Crippen LogP contribution >= 0.6 is 0 Å². The molecule has 1 N–H and O–H groups in total. The molecular weight excluding hydrogens is 302 g/mol. The van der Waals surface area contributed by atoms with E-state index < -0.39 is 0 Å². The van der Waals surface area contributed by atoms with Crippen LogP contribution in [0.15, 0.2) is 48.8 Å². The molecule has 5 nitrogen and oxygen atoms in total. The second kappa shape index (κ2) is 7.93. The van der Waals surface area contributed by atoms with Gasteiger partial charge in [-0.1, -0.05) is 12.5 Å². The summed E-state index contributed by atoms with van der Waals surface area (Å²) in [5.74, 6) is 0.840. The van der Waals surface area contributed by atoms with Crippen LogP contribution in [-0.2, 0) is 11.3 Å². The smallest absolute Gasteiger partial charge is 0.241 e. The quantitative estimate of drug-likeness (QED) is 0.918. The Balaban J connectivity index is 1.66. The number of methoxy groups -OCH3 is 1. The fourth-order valence-corrected chi connectivity index (χ4v) is 3.10. The maximum atomic E-state index is 12.7. The largest absolute Gasteiger partial charge is 0.497 e. The SMILES string of the molecule is COc1ccc(NC(=O)C2CCCCN2Cc2cccnc2)cc1. The number of nitrogens with zero attached hydrogens (tertiary/aromatic N) is 2. The van der Waals surface area contributed by atoms with Gasteiger partial charge in [0.15, 0.2) is 0 Å². The highest BCUT2D eigenvalue weighted by molar-refractivity contribution is 5.94. The summed E-state index contributed by atoms with van der Waals surface area (Å²) in [6, 6.07) is 11.3. The van der Waals surface area contributed by atoms with Crippen molar-refractivity contribution in [1.82, 2.24) is 9.88 Å². The standard InChI is InChI=1S/C19H23N3O2/c1-24-17-9-7-16(8-10-17)21-19(23)18-6-2-3-12-22(18)14-15-5-4-11-20-13-15/h4-5,7-11,13,18H,2-3,6,12,14H2,1H3,(H,21,23). The van der Waals surface area contributed by atoms with Gasteiger partial charge in [0.25, 0.3) is 0 Å². The summed E-state index contributed by atoms with van der Waals surface area (Å²) >= 11 is 0. The molecule has 1 aromatic carbocycles. The van der Waals surface area contributed by atoms with E-state index in [1.165, 1.54) is 0 Å². The lowest BCUT2D eigenvalue weighted by molar-refractivity contribution is -0.122. The second-order valence-corrected chi connectivity index (χ2v) is 6.06. The first-order valence-electron chi connectivity index (χ1n) is 8.34. The predicted octanol–water partition coefficient (Wildman–Crippen LogP) is 3.08. The number of piperidine rings is 1. The van der Waals surface area contributed by atoms with Crippen molar-refractivity contribution in [2.75, 3.05) is 19.0 Å². The minimum Gasteiger partial charge on any atom is -0.497 e. The van der Waals surface area contributed by atoms with Gasteiger partial charge >= 0.3 is 0 Å². The summed E-state index contributed by atoms with van der Waals surface area (Å²) in [6.45, 7) is 1.70. The fourth-order valence-electron chi connectivity index (χ4n) is 3.10. The molecule has 0 spiro atoms. The molecule has 1 unspecified atom stereocenters. The number of likely N-dealkylation sites (tertiary alicyclic amines) is 1. The highest BCUT2D eigenvalue weighted by Gasteiger charge is 2.28. The Labute approximate surface area is 142 Å². The number of aromatic nitrogens is 1. The van der Waals surface area contributed by atoms with Crippen molar-refractivity contribution in [2.45, 2.75) is 31.8 Å². The number of anilines is 1. The van der Waals surface area contributed by atoms with E-state index in [1.807, 2.05) is 36.5 Å². The van der Waals surface area contributed by atoms with Gasteiger partial charge < -0.3 is 10.1 Å². The van der Waals surface area contributed by atoms with E-state index in [0.717, 1.165) is 49.4 Å². The Hall–Kier alpha value is -2.40. The average Bonchev–Trinajstić information content (AvgIpc) is 2.63. The minimum absolute atomic E-state index is 0.0590. The molecule has 126 valence electrons. The van der Waals surface area contributed by atoms with Crippen molar-refractivity contribution in [3.05, 3.63) is 54.4 Å². The summed E-state index contributed by atoms with van der Waals surface area (Å²) in [4.78, 5) is 19.1. The number of amides is 1. The number of ether oxygens (including phenoxy) is 1. The Kier molecular flexibility index (Phi) is 5.43. The van der Waals surface area contributed by atoms with E-state index in [2.05, 4.69) is 21.3 Å². The summed E-state index contributed by atoms with van der Waals surface area (Å²) in [5.41, 5.74) is 1.94. The maximum absolute atomic E-state index is 12.7. The zero-order chi connectivity index (χ0) is 16.8. The predicted molar refractivity (Wildman–Crippen MR) is 93.9 cm³/mol. The molecule has 2 aromatic rings. The van der Waals surface area contributed by atoms with Crippen LogP contribution in [0.2, 0.25) is 0 Å². The van der Waals surface area contributed by atoms with Gasteiger partial charge in [0.1, 0.15) is 5.75 Å². The van der Waals surface area contributed by atoms with Gasteiger partial charge in [-0.05, 0) is 55.3 Å². The number of carbonyl (C=O) groups excluding carboxylic acids is 1. The van der Waals surface area contributed by atoms with Gasteiger partial charge in [0, 0.05) is 24.6 Å². The monoisotopic (exact) mass is 325 g/mol. The van der Waals surface area contributed by atoms with Gasteiger partial charge in [0.2, 0.25) is 5.91 Å². The second-order valence-electron chi connectivity index (χ2n) is 6.06. The number of pyridine rings is 1. The molecule has 5 heteroatoms. The maximum Gasteiger partial charge on any atom is 0.241 e. The van der Waals surface area contributed by atoms with E-state index in [1.54, 1.807) is 13.3 Å². The molecule has 1 aliphatic rings. The van der Waals surface area contributed by atoms with Crippen LogP contribution in [0.5, 0.6) is 5.75 Å². The topological polar surface area (TPSA) is 54.5 Å². The van der Waals surface area contributed by atoms with E-state index in [4.69, 9.17) is 4.74 Å². The van der Waals surface area contributed by atoms with E-state index in [9.17, 15) is 4.79 Å². The Morgan fingerprint density at radius 2 is 2.12 bits per heavy atom. The van der Waals surface area contributed by atoms with Gasteiger partial charge in [-0.3, -0.25) is 14.7 Å². The first kappa shape index (κ1) is 16.5. The van der Waals surface area contributed by atoms with Crippen molar-refractivity contribution in [1.29, 1.82) is 0 Å². The van der Waals surface area contributed by atoms with E-state index in [0.29, 0.717) is 0 Å². The first-order valence-corrected chi connectivity index (χ1v) is 8.34. The highest BCUT2D eigenvalue weighted by Crippen LogP contribution is 2.22. The van der Waals surface area contributed by atoms with Crippen molar-refractivity contribution >= 4 is 11.6 Å². The Morgan fingerprint density at radius 1 is 1.29 bits per heavy atom. The Morgan fingerprint density at radius 3 is 2.83 bits per heavy atom. The Bertz CT molecular complexity index is 658. The zero-order valence-corrected chi connectivity index (χ0v) is 13.9. The van der Waals surface area contributed by atoms with Crippen LogP contribution < -0.4 is 10.1 Å². The summed E-state index contributed by atoms with van der Waals surface area (Å²) in [6.07, 6.45) is 6.75. The van der Waals surface area contributed by atoms with Gasteiger partial charge in [0.05, 0.1) is 13.2 Å². The number of hydrogen-bond acceptors (Lipinski definition) is 4. The van der Waals surface area contributed by atoms with Gasteiger partial charge in [-0.15, -0.1) is 0 Å². The molecule has 2 heterocycles.